The molecule has 0 bridgehead atoms. The van der Waals surface area contributed by atoms with Gasteiger partial charge >= 0.3 is 0 Å². The minimum Gasteiger partial charge on any atom is -0.382 e. The van der Waals surface area contributed by atoms with Crippen LogP contribution in [0.3, 0.4) is 0 Å². The Morgan fingerprint density at radius 2 is 1.81 bits per heavy atom. The molecule has 1 aliphatic heterocycles. The molecule has 3 N–H and O–H groups in total. The fourth-order valence-corrected chi connectivity index (χ4v) is 3.26. The number of nitrogens with one attached hydrogen (secondary N) is 1. The van der Waals surface area contributed by atoms with Crippen LogP contribution in [0.2, 0.25) is 0 Å². The Morgan fingerprint density at radius 1 is 1.07 bits per heavy atom. The van der Waals surface area contributed by atoms with Gasteiger partial charge in [-0.1, -0.05) is 30.3 Å². The maximum atomic E-state index is 5.87. The second kappa shape index (κ2) is 13.5. The molecule has 1 fully saturated rings. The van der Waals surface area contributed by atoms with Gasteiger partial charge in [-0.3, -0.25) is 9.89 Å². The highest BCUT2D eigenvalue weighted by molar-refractivity contribution is 5.77. The van der Waals surface area contributed by atoms with Crippen molar-refractivity contribution in [2.45, 2.75) is 32.7 Å². The lowest BCUT2D eigenvalue weighted by molar-refractivity contribution is 0.126. The highest BCUT2D eigenvalue weighted by Crippen LogP contribution is 2.08. The summed E-state index contributed by atoms with van der Waals surface area (Å²) in [5.74, 6) is 0.557. The van der Waals surface area contributed by atoms with E-state index in [9.17, 15) is 0 Å². The summed E-state index contributed by atoms with van der Waals surface area (Å²) in [5.41, 5.74) is 7.29. The summed E-state index contributed by atoms with van der Waals surface area (Å²) in [5, 5.41) is 3.21. The summed E-state index contributed by atoms with van der Waals surface area (Å²) in [4.78, 5) is 9.44. The van der Waals surface area contributed by atoms with E-state index >= 15 is 0 Å². The SMILES string of the molecule is CCOCCCN=C(N)NCCCCN1CCN(Cc2ccccc2)CC1. The van der Waals surface area contributed by atoms with E-state index in [1.54, 1.807) is 0 Å². The smallest absolute Gasteiger partial charge is 0.188 e. The Kier molecular flexibility index (Phi) is 10.9. The number of piperazine rings is 1. The van der Waals surface area contributed by atoms with Gasteiger partial charge in [-0.2, -0.15) is 0 Å². The molecule has 0 aromatic heterocycles. The molecule has 27 heavy (non-hydrogen) atoms. The van der Waals surface area contributed by atoms with Gasteiger partial charge in [0.25, 0.3) is 0 Å². The fraction of sp³-hybridized carbons (Fsp3) is 0.667. The van der Waals surface area contributed by atoms with Crippen molar-refractivity contribution in [2.24, 2.45) is 10.7 Å². The van der Waals surface area contributed by atoms with Gasteiger partial charge in [0, 0.05) is 59.0 Å². The van der Waals surface area contributed by atoms with E-state index < -0.39 is 0 Å². The number of nitrogens with zero attached hydrogens (tertiary/aromatic N) is 3. The van der Waals surface area contributed by atoms with Crippen LogP contribution in [0.15, 0.2) is 35.3 Å². The summed E-state index contributed by atoms with van der Waals surface area (Å²) in [6.45, 7) is 12.1. The summed E-state index contributed by atoms with van der Waals surface area (Å²) >= 11 is 0. The number of rotatable bonds is 12. The van der Waals surface area contributed by atoms with Crippen molar-refractivity contribution in [3.63, 3.8) is 0 Å². The van der Waals surface area contributed by atoms with E-state index in [1.165, 1.54) is 31.6 Å². The number of ether oxygens (including phenoxy) is 1. The summed E-state index contributed by atoms with van der Waals surface area (Å²) in [6.07, 6.45) is 3.25. The third-order valence-electron chi connectivity index (χ3n) is 4.85. The maximum absolute atomic E-state index is 5.87. The van der Waals surface area contributed by atoms with Gasteiger partial charge in [0.05, 0.1) is 0 Å². The molecule has 1 heterocycles. The third-order valence-corrected chi connectivity index (χ3v) is 4.85. The molecule has 0 aliphatic carbocycles. The Morgan fingerprint density at radius 3 is 2.56 bits per heavy atom. The van der Waals surface area contributed by atoms with Crippen molar-refractivity contribution in [1.29, 1.82) is 0 Å². The first-order valence-corrected chi connectivity index (χ1v) is 10.4. The van der Waals surface area contributed by atoms with Gasteiger partial charge < -0.3 is 20.7 Å². The molecule has 0 unspecified atom stereocenters. The lowest BCUT2D eigenvalue weighted by atomic mass is 10.2. The Bertz CT molecular complexity index is 515. The quantitative estimate of drug-likeness (QED) is 0.332. The van der Waals surface area contributed by atoms with Crippen LogP contribution in [0.4, 0.5) is 0 Å². The van der Waals surface area contributed by atoms with Crippen LogP contribution in [0.5, 0.6) is 0 Å². The summed E-state index contributed by atoms with van der Waals surface area (Å²) in [7, 11) is 0. The molecule has 1 aliphatic rings. The molecule has 0 saturated carbocycles. The second-order valence-corrected chi connectivity index (χ2v) is 7.05. The number of benzene rings is 1. The predicted molar refractivity (Wildman–Crippen MR) is 113 cm³/mol. The zero-order valence-corrected chi connectivity index (χ0v) is 16.9. The molecule has 6 heteroatoms. The second-order valence-electron chi connectivity index (χ2n) is 7.05. The van der Waals surface area contributed by atoms with Gasteiger partial charge in [-0.15, -0.1) is 0 Å². The molecule has 0 atom stereocenters. The minimum absolute atomic E-state index is 0.557. The zero-order valence-electron chi connectivity index (χ0n) is 16.9. The van der Waals surface area contributed by atoms with E-state index in [2.05, 4.69) is 50.4 Å². The average Bonchev–Trinajstić information content (AvgIpc) is 2.69. The van der Waals surface area contributed by atoms with Crippen molar-refractivity contribution in [2.75, 3.05) is 59.0 Å². The first kappa shape index (κ1) is 21.7. The first-order chi connectivity index (χ1) is 13.3. The van der Waals surface area contributed by atoms with Gasteiger partial charge in [-0.25, -0.2) is 0 Å². The van der Waals surface area contributed by atoms with Crippen LogP contribution in [0, 0.1) is 0 Å². The topological polar surface area (TPSA) is 66.1 Å². The van der Waals surface area contributed by atoms with E-state index in [-0.39, 0.29) is 0 Å². The molecular weight excluding hydrogens is 338 g/mol. The minimum atomic E-state index is 0.557. The number of nitrogens with two attached hydrogens (primary N) is 1. The van der Waals surface area contributed by atoms with Crippen LogP contribution in [0.25, 0.3) is 0 Å². The maximum Gasteiger partial charge on any atom is 0.188 e. The number of hydrogen-bond donors (Lipinski definition) is 2. The standard InChI is InChI=1S/C21H37N5O/c1-2-27-18-8-12-24-21(22)23-11-6-7-13-25-14-16-26(17-15-25)19-20-9-4-3-5-10-20/h3-5,9-10H,2,6-8,11-19H2,1H3,(H3,22,23,24). The van der Waals surface area contributed by atoms with Gasteiger partial charge in [-0.05, 0) is 38.3 Å². The van der Waals surface area contributed by atoms with Crippen molar-refractivity contribution >= 4 is 5.96 Å². The summed E-state index contributed by atoms with van der Waals surface area (Å²) in [6, 6.07) is 10.8. The molecule has 0 amide bonds. The first-order valence-electron chi connectivity index (χ1n) is 10.4. The van der Waals surface area contributed by atoms with Crippen LogP contribution in [0.1, 0.15) is 31.7 Å². The number of unbranched alkanes of at least 4 members (excludes halogenated alkanes) is 1. The Balaban J connectivity index is 1.47. The highest BCUT2D eigenvalue weighted by Gasteiger charge is 2.16. The van der Waals surface area contributed by atoms with Crippen LogP contribution in [-0.2, 0) is 11.3 Å². The van der Waals surface area contributed by atoms with Crippen molar-refractivity contribution in [3.8, 4) is 0 Å². The average molecular weight is 376 g/mol. The molecule has 1 saturated heterocycles. The van der Waals surface area contributed by atoms with Crippen molar-refractivity contribution in [3.05, 3.63) is 35.9 Å². The zero-order chi connectivity index (χ0) is 19.2. The Hall–Kier alpha value is -1.63. The van der Waals surface area contributed by atoms with E-state index in [0.717, 1.165) is 58.8 Å². The summed E-state index contributed by atoms with van der Waals surface area (Å²) < 4.78 is 5.28. The lowest BCUT2D eigenvalue weighted by Crippen LogP contribution is -2.46. The number of aliphatic imine (C=N–C) groups is 1. The van der Waals surface area contributed by atoms with Crippen LogP contribution in [-0.4, -0.2) is 74.8 Å². The van der Waals surface area contributed by atoms with E-state index in [0.29, 0.717) is 5.96 Å². The molecule has 152 valence electrons. The van der Waals surface area contributed by atoms with Crippen LogP contribution >= 0.6 is 0 Å². The molecular formula is C21H37N5O. The van der Waals surface area contributed by atoms with E-state index in [4.69, 9.17) is 10.5 Å². The molecule has 2 rings (SSSR count). The molecule has 6 nitrogen and oxygen atoms in total. The van der Waals surface area contributed by atoms with Crippen molar-refractivity contribution in [1.82, 2.24) is 15.1 Å². The monoisotopic (exact) mass is 375 g/mol. The van der Waals surface area contributed by atoms with Gasteiger partial charge in [0.1, 0.15) is 0 Å². The number of guanidine groups is 1. The molecule has 0 spiro atoms. The van der Waals surface area contributed by atoms with E-state index in [1.807, 2.05) is 6.92 Å². The fourth-order valence-electron chi connectivity index (χ4n) is 3.26. The molecule has 0 radical (unpaired) electrons. The lowest BCUT2D eigenvalue weighted by Gasteiger charge is -2.34. The highest BCUT2D eigenvalue weighted by atomic mass is 16.5. The normalized spacial score (nSPS) is 16.6. The van der Waals surface area contributed by atoms with Crippen molar-refractivity contribution < 1.29 is 4.74 Å². The number of hydrogen-bond acceptors (Lipinski definition) is 4. The van der Waals surface area contributed by atoms with Gasteiger partial charge in [0.2, 0.25) is 0 Å². The third kappa shape index (κ3) is 9.75. The molecule has 1 aromatic rings. The largest absolute Gasteiger partial charge is 0.382 e. The van der Waals surface area contributed by atoms with Crippen LogP contribution < -0.4 is 11.1 Å². The predicted octanol–water partition coefficient (Wildman–Crippen LogP) is 1.92. The molecule has 1 aromatic carbocycles. The van der Waals surface area contributed by atoms with Gasteiger partial charge in [0.15, 0.2) is 5.96 Å². The Labute approximate surface area is 164 Å².